The Balaban J connectivity index is 1.68. The number of morpholine rings is 1. The average molecular weight is 440 g/mol. The second-order valence-electron chi connectivity index (χ2n) is 8.20. The number of anilines is 2. The van der Waals surface area contributed by atoms with Gasteiger partial charge in [0, 0.05) is 50.4 Å². The smallest absolute Gasteiger partial charge is 0.261 e. The molecule has 2 N–H and O–H groups in total. The third kappa shape index (κ3) is 4.26. The fourth-order valence-electron chi connectivity index (χ4n) is 4.21. The van der Waals surface area contributed by atoms with Crippen LogP contribution in [0.3, 0.4) is 0 Å². The fourth-order valence-corrected chi connectivity index (χ4v) is 4.21. The molecule has 0 aliphatic carbocycles. The Hall–Kier alpha value is -3.17. The molecule has 0 saturated carbocycles. The summed E-state index contributed by atoms with van der Waals surface area (Å²) in [7, 11) is 0. The van der Waals surface area contributed by atoms with Gasteiger partial charge in [-0.3, -0.25) is 4.79 Å². The van der Waals surface area contributed by atoms with Crippen LogP contribution in [0.1, 0.15) is 36.2 Å². The van der Waals surface area contributed by atoms with Gasteiger partial charge in [-0.1, -0.05) is 6.08 Å². The minimum atomic E-state index is -0.463. The summed E-state index contributed by atoms with van der Waals surface area (Å²) in [5, 5.41) is 16.7. The number of carbonyl (C=O) groups excluding carboxylic acids is 1. The third-order valence-corrected chi connectivity index (χ3v) is 5.79. The molecular formula is C23H29N5O4. The van der Waals surface area contributed by atoms with E-state index in [1.165, 1.54) is 10.9 Å². The molecule has 32 heavy (non-hydrogen) atoms. The van der Waals surface area contributed by atoms with Crippen molar-refractivity contribution in [3.8, 4) is 5.75 Å². The summed E-state index contributed by atoms with van der Waals surface area (Å²) in [6.45, 7) is 10.2. The predicted octanol–water partition coefficient (Wildman–Crippen LogP) is 2.87. The summed E-state index contributed by atoms with van der Waals surface area (Å²) in [6.07, 6.45) is 6.21. The van der Waals surface area contributed by atoms with Crippen molar-refractivity contribution in [1.82, 2.24) is 9.78 Å². The number of benzene rings is 1. The molecular weight excluding hydrogens is 410 g/mol. The predicted molar refractivity (Wildman–Crippen MR) is 124 cm³/mol. The molecule has 4 rings (SSSR count). The first-order chi connectivity index (χ1) is 15.5. The highest BCUT2D eigenvalue weighted by molar-refractivity contribution is 6.09. The maximum absolute atomic E-state index is 13.2. The van der Waals surface area contributed by atoms with E-state index in [9.17, 15) is 9.90 Å². The van der Waals surface area contributed by atoms with Crippen LogP contribution < -0.4 is 15.0 Å². The van der Waals surface area contributed by atoms with Crippen molar-refractivity contribution in [1.29, 1.82) is 0 Å². The molecule has 170 valence electrons. The number of rotatable bonds is 7. The van der Waals surface area contributed by atoms with E-state index in [1.54, 1.807) is 6.20 Å². The van der Waals surface area contributed by atoms with Crippen molar-refractivity contribution < 1.29 is 19.4 Å². The van der Waals surface area contributed by atoms with E-state index in [0.29, 0.717) is 56.2 Å². The lowest BCUT2D eigenvalue weighted by molar-refractivity contribution is 0.0811. The first-order valence-corrected chi connectivity index (χ1v) is 10.8. The van der Waals surface area contributed by atoms with E-state index < -0.39 is 5.60 Å². The molecule has 9 nitrogen and oxygen atoms in total. The summed E-state index contributed by atoms with van der Waals surface area (Å²) in [6, 6.07) is 3.95. The van der Waals surface area contributed by atoms with Crippen LogP contribution >= 0.6 is 0 Å². The van der Waals surface area contributed by atoms with Crippen LogP contribution in [-0.4, -0.2) is 66.0 Å². The Morgan fingerprint density at radius 2 is 2.19 bits per heavy atom. The van der Waals surface area contributed by atoms with Gasteiger partial charge in [0.05, 0.1) is 30.8 Å². The molecule has 9 heteroatoms. The normalized spacial score (nSPS) is 20.3. The Morgan fingerprint density at radius 3 is 2.88 bits per heavy atom. The number of aliphatic imine (C=N–C) groups is 1. The molecule has 3 heterocycles. The van der Waals surface area contributed by atoms with Crippen molar-refractivity contribution in [2.24, 2.45) is 4.99 Å². The minimum absolute atomic E-state index is 0.0535. The van der Waals surface area contributed by atoms with Crippen LogP contribution in [0.25, 0.3) is 6.20 Å². The third-order valence-electron chi connectivity index (χ3n) is 5.79. The molecule has 0 spiro atoms. The van der Waals surface area contributed by atoms with E-state index >= 15 is 0 Å². The number of ether oxygens (including phenoxy) is 2. The van der Waals surface area contributed by atoms with Crippen molar-refractivity contribution in [2.45, 2.75) is 32.3 Å². The maximum Gasteiger partial charge on any atom is 0.261 e. The van der Waals surface area contributed by atoms with Gasteiger partial charge in [-0.2, -0.15) is 5.10 Å². The van der Waals surface area contributed by atoms with Crippen molar-refractivity contribution >= 4 is 36.0 Å². The van der Waals surface area contributed by atoms with E-state index in [4.69, 9.17) is 9.47 Å². The monoisotopic (exact) mass is 439 g/mol. The zero-order valence-corrected chi connectivity index (χ0v) is 18.5. The zero-order valence-electron chi connectivity index (χ0n) is 18.5. The molecule has 1 fully saturated rings. The summed E-state index contributed by atoms with van der Waals surface area (Å²) >= 11 is 0. The average Bonchev–Trinajstić information content (AvgIpc) is 3.33. The lowest BCUT2D eigenvalue weighted by Gasteiger charge is -2.31. The quantitative estimate of drug-likeness (QED) is 0.644. The molecule has 2 aromatic rings. The number of amides is 1. The molecule has 0 radical (unpaired) electrons. The van der Waals surface area contributed by atoms with Gasteiger partial charge in [-0.25, -0.2) is 9.67 Å². The fraction of sp³-hybridized carbons (Fsp3) is 0.435. The molecule has 0 bridgehead atoms. The van der Waals surface area contributed by atoms with Gasteiger partial charge < -0.3 is 24.8 Å². The molecule has 1 aromatic carbocycles. The summed E-state index contributed by atoms with van der Waals surface area (Å²) < 4.78 is 13.2. The maximum atomic E-state index is 13.2. The Labute approximate surface area is 187 Å². The second kappa shape index (κ2) is 9.13. The molecule has 1 aromatic heterocycles. The van der Waals surface area contributed by atoms with Gasteiger partial charge >= 0.3 is 0 Å². The van der Waals surface area contributed by atoms with Gasteiger partial charge in [-0.05, 0) is 26.6 Å². The Bertz CT molecular complexity index is 1040. The van der Waals surface area contributed by atoms with Gasteiger partial charge in [0.15, 0.2) is 5.82 Å². The number of fused-ring (bicyclic) bond motifs is 1. The van der Waals surface area contributed by atoms with Crippen molar-refractivity contribution in [3.63, 3.8) is 0 Å². The highest BCUT2D eigenvalue weighted by atomic mass is 16.5. The molecule has 0 unspecified atom stereocenters. The molecule has 1 saturated heterocycles. The summed E-state index contributed by atoms with van der Waals surface area (Å²) in [5.74, 6) is 0.859. The topological polar surface area (TPSA) is 101 Å². The first kappa shape index (κ1) is 22.0. The minimum Gasteiger partial charge on any atom is -0.487 e. The van der Waals surface area contributed by atoms with Gasteiger partial charge in [0.2, 0.25) is 0 Å². The highest BCUT2D eigenvalue weighted by Gasteiger charge is 2.36. The SMILES string of the molecule is C=Nc1c(C(=O)Nc2cc3c(cc2N2CCOCC2)O[C@](C)(CCO)C3)cnn1/C=C\C. The number of carbonyl (C=O) groups is 1. The standard InChI is InChI=1S/C23H29N5O4/c1-4-6-28-21(24-3)17(15-25-28)22(30)26-18-12-16-14-23(2,5-9-29)32-20(16)13-19(18)27-7-10-31-11-8-27/h4,6,12-13,15,29H,3,5,7-11,14H2,1-2H3,(H,26,30)/b6-4-/t23-/m1/s1. The number of nitrogens with zero attached hydrogens (tertiary/aromatic N) is 4. The van der Waals surface area contributed by atoms with E-state index in [-0.39, 0.29) is 12.5 Å². The number of aliphatic hydroxyl groups is 1. The molecule has 2 aliphatic rings. The van der Waals surface area contributed by atoms with E-state index in [0.717, 1.165) is 17.0 Å². The molecule has 2 aliphatic heterocycles. The second-order valence-corrected chi connectivity index (χ2v) is 8.20. The lowest BCUT2D eigenvalue weighted by Crippen LogP contribution is -2.36. The summed E-state index contributed by atoms with van der Waals surface area (Å²) in [4.78, 5) is 19.4. The van der Waals surface area contributed by atoms with Gasteiger partial charge in [0.1, 0.15) is 16.9 Å². The summed E-state index contributed by atoms with van der Waals surface area (Å²) in [5.41, 5.74) is 2.45. The number of allylic oxidation sites excluding steroid dienone is 1. The Kier molecular flexibility index (Phi) is 6.29. The van der Waals surface area contributed by atoms with E-state index in [2.05, 4.69) is 27.0 Å². The lowest BCUT2D eigenvalue weighted by atomic mass is 9.95. The van der Waals surface area contributed by atoms with Gasteiger partial charge in [-0.15, -0.1) is 0 Å². The van der Waals surface area contributed by atoms with Crippen LogP contribution in [0.15, 0.2) is 29.4 Å². The van der Waals surface area contributed by atoms with Crippen LogP contribution in [0, 0.1) is 0 Å². The first-order valence-electron chi connectivity index (χ1n) is 10.8. The molecule has 1 amide bonds. The van der Waals surface area contributed by atoms with Crippen molar-refractivity contribution in [3.05, 3.63) is 35.5 Å². The van der Waals surface area contributed by atoms with Crippen LogP contribution in [-0.2, 0) is 11.2 Å². The Morgan fingerprint density at radius 1 is 1.41 bits per heavy atom. The number of hydrogen-bond donors (Lipinski definition) is 2. The number of aliphatic hydroxyl groups excluding tert-OH is 1. The zero-order chi connectivity index (χ0) is 22.7. The van der Waals surface area contributed by atoms with Crippen LogP contribution in [0.5, 0.6) is 5.75 Å². The largest absolute Gasteiger partial charge is 0.487 e. The van der Waals surface area contributed by atoms with Crippen LogP contribution in [0.4, 0.5) is 17.2 Å². The van der Waals surface area contributed by atoms with Gasteiger partial charge in [0.25, 0.3) is 5.91 Å². The van der Waals surface area contributed by atoms with Crippen LogP contribution in [0.2, 0.25) is 0 Å². The van der Waals surface area contributed by atoms with Crippen molar-refractivity contribution in [2.75, 3.05) is 43.1 Å². The highest BCUT2D eigenvalue weighted by Crippen LogP contribution is 2.43. The van der Waals surface area contributed by atoms with E-state index in [1.807, 2.05) is 32.1 Å². The number of hydrogen-bond acceptors (Lipinski definition) is 7. The number of aromatic nitrogens is 2. The number of nitrogens with one attached hydrogen (secondary N) is 1. The molecule has 1 atom stereocenters.